The van der Waals surface area contributed by atoms with Gasteiger partial charge in [-0.3, -0.25) is 4.79 Å². The van der Waals surface area contributed by atoms with E-state index in [1.165, 1.54) is 23.1 Å². The van der Waals surface area contributed by atoms with Gasteiger partial charge in [0.05, 0.1) is 0 Å². The second-order valence-electron chi connectivity index (χ2n) is 6.60. The molecule has 0 bridgehead atoms. The molecule has 7 heteroatoms. The van der Waals surface area contributed by atoms with Crippen molar-refractivity contribution < 1.29 is 9.18 Å². The Morgan fingerprint density at radius 3 is 2.43 bits per heavy atom. The van der Waals surface area contributed by atoms with Gasteiger partial charge in [0.1, 0.15) is 11.5 Å². The van der Waals surface area contributed by atoms with Crippen LogP contribution in [0.1, 0.15) is 16.1 Å². The summed E-state index contributed by atoms with van der Waals surface area (Å²) < 4.78 is 13.7. The van der Waals surface area contributed by atoms with Gasteiger partial charge < -0.3 is 15.1 Å². The largest absolute Gasteiger partial charge is 0.368 e. The van der Waals surface area contributed by atoms with Crippen molar-refractivity contribution in [2.24, 2.45) is 0 Å². The van der Waals surface area contributed by atoms with Gasteiger partial charge in [-0.15, -0.1) is 11.3 Å². The van der Waals surface area contributed by atoms with Crippen LogP contribution < -0.4 is 15.1 Å². The molecule has 1 amide bonds. The standard InChI is InChI=1S/C21H21FN4OS/c22-18-9-5-4-6-16(18)14-23-20(27)19-15-28-21(24-19)26-12-10-25(11-13-26)17-7-2-1-3-8-17/h1-9,15H,10-14H2,(H,23,27). The fourth-order valence-electron chi connectivity index (χ4n) is 3.22. The SMILES string of the molecule is O=C(NCc1ccccc1F)c1csc(N2CCN(c3ccccc3)CC2)n1. The van der Waals surface area contributed by atoms with Crippen LogP contribution in [0.5, 0.6) is 0 Å². The van der Waals surface area contributed by atoms with Crippen molar-refractivity contribution in [2.75, 3.05) is 36.0 Å². The number of aromatic nitrogens is 1. The number of anilines is 2. The molecule has 1 N–H and O–H groups in total. The van der Waals surface area contributed by atoms with Crippen molar-refractivity contribution in [3.63, 3.8) is 0 Å². The molecule has 3 aromatic rings. The molecule has 0 radical (unpaired) electrons. The molecule has 1 saturated heterocycles. The number of halogens is 1. The minimum absolute atomic E-state index is 0.147. The third-order valence-electron chi connectivity index (χ3n) is 4.79. The van der Waals surface area contributed by atoms with Gasteiger partial charge in [0.2, 0.25) is 0 Å². The van der Waals surface area contributed by atoms with Crippen LogP contribution in [-0.2, 0) is 6.54 Å². The fraction of sp³-hybridized carbons (Fsp3) is 0.238. The number of carbonyl (C=O) groups excluding carboxylic acids is 1. The first-order valence-electron chi connectivity index (χ1n) is 9.23. The van der Waals surface area contributed by atoms with Crippen LogP contribution >= 0.6 is 11.3 Å². The molecule has 0 spiro atoms. The Labute approximate surface area is 167 Å². The molecule has 1 aliphatic rings. The van der Waals surface area contributed by atoms with Crippen LogP contribution in [0.15, 0.2) is 60.0 Å². The number of para-hydroxylation sites is 1. The zero-order valence-electron chi connectivity index (χ0n) is 15.3. The number of nitrogens with one attached hydrogen (secondary N) is 1. The minimum atomic E-state index is -0.321. The number of hydrogen-bond acceptors (Lipinski definition) is 5. The molecule has 0 saturated carbocycles. The summed E-state index contributed by atoms with van der Waals surface area (Å²) in [7, 11) is 0. The second kappa shape index (κ2) is 8.39. The second-order valence-corrected chi connectivity index (χ2v) is 7.44. The average molecular weight is 396 g/mol. The van der Waals surface area contributed by atoms with Crippen LogP contribution in [0.3, 0.4) is 0 Å². The Balaban J connectivity index is 1.33. The summed E-state index contributed by atoms with van der Waals surface area (Å²) in [6.45, 7) is 3.70. The van der Waals surface area contributed by atoms with E-state index in [1.54, 1.807) is 23.6 Å². The highest BCUT2D eigenvalue weighted by Gasteiger charge is 2.21. The van der Waals surface area contributed by atoms with Crippen LogP contribution in [0.2, 0.25) is 0 Å². The molecule has 0 aliphatic carbocycles. The van der Waals surface area contributed by atoms with Crippen molar-refractivity contribution in [1.29, 1.82) is 0 Å². The highest BCUT2D eigenvalue weighted by atomic mass is 32.1. The lowest BCUT2D eigenvalue weighted by Gasteiger charge is -2.35. The summed E-state index contributed by atoms with van der Waals surface area (Å²) >= 11 is 1.47. The smallest absolute Gasteiger partial charge is 0.271 e. The Kier molecular flexibility index (Phi) is 5.53. The van der Waals surface area contributed by atoms with Gasteiger partial charge in [0, 0.05) is 49.4 Å². The van der Waals surface area contributed by atoms with Crippen molar-refractivity contribution in [2.45, 2.75) is 6.54 Å². The summed E-state index contributed by atoms with van der Waals surface area (Å²) in [6.07, 6.45) is 0. The van der Waals surface area contributed by atoms with Gasteiger partial charge in [0.15, 0.2) is 5.13 Å². The molecule has 144 valence electrons. The van der Waals surface area contributed by atoms with Gasteiger partial charge in [-0.2, -0.15) is 0 Å². The van der Waals surface area contributed by atoms with Crippen LogP contribution in [0.25, 0.3) is 0 Å². The maximum Gasteiger partial charge on any atom is 0.271 e. The highest BCUT2D eigenvalue weighted by Crippen LogP contribution is 2.24. The first-order chi connectivity index (χ1) is 13.7. The number of hydrogen-bond donors (Lipinski definition) is 1. The van der Waals surface area contributed by atoms with E-state index in [9.17, 15) is 9.18 Å². The summed E-state index contributed by atoms with van der Waals surface area (Å²) in [5, 5.41) is 5.35. The van der Waals surface area contributed by atoms with Gasteiger partial charge >= 0.3 is 0 Å². The molecule has 1 fully saturated rings. The number of amides is 1. The molecule has 1 aliphatic heterocycles. The maximum absolute atomic E-state index is 13.7. The van der Waals surface area contributed by atoms with Gasteiger partial charge in [-0.1, -0.05) is 36.4 Å². The zero-order valence-corrected chi connectivity index (χ0v) is 16.2. The third kappa shape index (κ3) is 4.14. The Hall–Kier alpha value is -2.93. The van der Waals surface area contributed by atoms with E-state index in [-0.39, 0.29) is 18.3 Å². The van der Waals surface area contributed by atoms with Crippen molar-refractivity contribution >= 4 is 28.1 Å². The molecule has 0 atom stereocenters. The Morgan fingerprint density at radius 1 is 1.00 bits per heavy atom. The molecule has 5 nitrogen and oxygen atoms in total. The van der Waals surface area contributed by atoms with Crippen molar-refractivity contribution in [1.82, 2.24) is 10.3 Å². The molecule has 0 unspecified atom stereocenters. The third-order valence-corrected chi connectivity index (χ3v) is 5.69. The fourth-order valence-corrected chi connectivity index (χ4v) is 4.08. The lowest BCUT2D eigenvalue weighted by atomic mass is 10.2. The summed E-state index contributed by atoms with van der Waals surface area (Å²) in [5.41, 5.74) is 2.07. The molecular formula is C21H21FN4OS. The van der Waals surface area contributed by atoms with E-state index in [2.05, 4.69) is 44.4 Å². The summed E-state index contributed by atoms with van der Waals surface area (Å²) in [5.74, 6) is -0.605. The lowest BCUT2D eigenvalue weighted by Crippen LogP contribution is -2.46. The normalized spacial score (nSPS) is 14.2. The minimum Gasteiger partial charge on any atom is -0.368 e. The highest BCUT2D eigenvalue weighted by molar-refractivity contribution is 7.13. The molecule has 2 aromatic carbocycles. The number of nitrogens with zero attached hydrogens (tertiary/aromatic N) is 3. The predicted molar refractivity (Wildman–Crippen MR) is 111 cm³/mol. The van der Waals surface area contributed by atoms with Crippen LogP contribution in [0, 0.1) is 5.82 Å². The number of rotatable bonds is 5. The lowest BCUT2D eigenvalue weighted by molar-refractivity contribution is 0.0946. The van der Waals surface area contributed by atoms with Crippen LogP contribution in [0.4, 0.5) is 15.2 Å². The number of carbonyl (C=O) groups is 1. The first kappa shape index (κ1) is 18.4. The molecule has 1 aromatic heterocycles. The monoisotopic (exact) mass is 396 g/mol. The van der Waals surface area contributed by atoms with Gasteiger partial charge in [-0.25, -0.2) is 9.37 Å². The van der Waals surface area contributed by atoms with E-state index in [0.717, 1.165) is 31.3 Å². The number of piperazine rings is 1. The summed E-state index contributed by atoms with van der Waals surface area (Å²) in [4.78, 5) is 21.4. The molecular weight excluding hydrogens is 375 g/mol. The predicted octanol–water partition coefficient (Wildman–Crippen LogP) is 3.54. The molecule has 28 heavy (non-hydrogen) atoms. The molecule has 2 heterocycles. The van der Waals surface area contributed by atoms with E-state index in [0.29, 0.717) is 11.3 Å². The summed E-state index contributed by atoms with van der Waals surface area (Å²) in [6, 6.07) is 16.8. The van der Waals surface area contributed by atoms with E-state index in [1.807, 2.05) is 6.07 Å². The average Bonchev–Trinajstić information content (AvgIpc) is 3.24. The molecule has 4 rings (SSSR count). The topological polar surface area (TPSA) is 48.5 Å². The van der Waals surface area contributed by atoms with Crippen molar-refractivity contribution in [3.05, 3.63) is 77.1 Å². The van der Waals surface area contributed by atoms with Crippen molar-refractivity contribution in [3.8, 4) is 0 Å². The Morgan fingerprint density at radius 2 is 1.68 bits per heavy atom. The number of thiazole rings is 1. The van der Waals surface area contributed by atoms with E-state index >= 15 is 0 Å². The number of benzene rings is 2. The van der Waals surface area contributed by atoms with E-state index < -0.39 is 0 Å². The van der Waals surface area contributed by atoms with Crippen LogP contribution in [-0.4, -0.2) is 37.1 Å². The van der Waals surface area contributed by atoms with Gasteiger partial charge in [-0.05, 0) is 18.2 Å². The quantitative estimate of drug-likeness (QED) is 0.717. The van der Waals surface area contributed by atoms with Gasteiger partial charge in [0.25, 0.3) is 5.91 Å². The maximum atomic E-state index is 13.7. The Bertz CT molecular complexity index is 938. The zero-order chi connectivity index (χ0) is 19.3. The first-order valence-corrected chi connectivity index (χ1v) is 10.1. The van der Waals surface area contributed by atoms with E-state index in [4.69, 9.17) is 0 Å².